The van der Waals surface area contributed by atoms with Gasteiger partial charge in [0.15, 0.2) is 0 Å². The molecule has 0 radical (unpaired) electrons. The Morgan fingerprint density at radius 3 is 2.88 bits per heavy atom. The van der Waals surface area contributed by atoms with Crippen LogP contribution in [0.2, 0.25) is 0 Å². The summed E-state index contributed by atoms with van der Waals surface area (Å²) >= 11 is 0. The molecule has 3 N–H and O–H groups in total. The normalized spacial score (nSPS) is 10.2. The number of H-pyrrole nitrogens is 1. The predicted molar refractivity (Wildman–Crippen MR) is 62.6 cm³/mol. The van der Waals surface area contributed by atoms with Gasteiger partial charge in [0.1, 0.15) is 5.75 Å². The Morgan fingerprint density at radius 2 is 2.24 bits per heavy atom. The minimum Gasteiger partial charge on any atom is -0.507 e. The van der Waals surface area contributed by atoms with Gasteiger partial charge in [-0.05, 0) is 19.1 Å². The smallest absolute Gasteiger partial charge is 0.255 e. The zero-order valence-corrected chi connectivity index (χ0v) is 9.40. The molecule has 0 unspecified atom stereocenters. The second-order valence-corrected chi connectivity index (χ2v) is 3.72. The minimum absolute atomic E-state index is 0.0195. The molecular formula is C12H13N3O2. The van der Waals surface area contributed by atoms with Crippen LogP contribution in [0.4, 0.5) is 0 Å². The summed E-state index contributed by atoms with van der Waals surface area (Å²) in [5.74, 6) is -0.322. The van der Waals surface area contributed by atoms with Gasteiger partial charge in [-0.25, -0.2) is 0 Å². The first-order chi connectivity index (χ1) is 8.18. The molecule has 0 aliphatic carbocycles. The summed E-state index contributed by atoms with van der Waals surface area (Å²) in [7, 11) is 0. The van der Waals surface area contributed by atoms with Crippen molar-refractivity contribution in [3.63, 3.8) is 0 Å². The lowest BCUT2D eigenvalue weighted by Crippen LogP contribution is -2.22. The minimum atomic E-state index is -0.302. The van der Waals surface area contributed by atoms with Crippen molar-refractivity contribution in [3.05, 3.63) is 47.3 Å². The number of nitrogens with zero attached hydrogens (tertiary/aromatic N) is 1. The Hall–Kier alpha value is -2.30. The van der Waals surface area contributed by atoms with Crippen LogP contribution in [0.15, 0.2) is 30.5 Å². The number of amides is 1. The highest BCUT2D eigenvalue weighted by atomic mass is 16.3. The molecule has 2 aromatic rings. The van der Waals surface area contributed by atoms with Crippen LogP contribution < -0.4 is 5.32 Å². The Bertz CT molecular complexity index is 534. The summed E-state index contributed by atoms with van der Waals surface area (Å²) in [6, 6.07) is 6.44. The second-order valence-electron chi connectivity index (χ2n) is 3.72. The fourth-order valence-corrected chi connectivity index (χ4v) is 1.49. The average Bonchev–Trinajstić information content (AvgIpc) is 2.72. The molecule has 88 valence electrons. The number of hydrogen-bond donors (Lipinski definition) is 3. The molecule has 1 aromatic heterocycles. The lowest BCUT2D eigenvalue weighted by Gasteiger charge is -2.05. The van der Waals surface area contributed by atoms with Gasteiger partial charge < -0.3 is 10.4 Å². The standard InChI is InChI=1S/C12H13N3O2/c1-8-9(7-14-15-8)6-13-12(17)10-4-2-3-5-11(10)16/h2-5,7,16H,6H2,1H3,(H,13,17)(H,14,15). The molecular weight excluding hydrogens is 218 g/mol. The molecule has 5 nitrogen and oxygen atoms in total. The molecule has 17 heavy (non-hydrogen) atoms. The SMILES string of the molecule is Cc1[nH]ncc1CNC(=O)c1ccccc1O. The maximum atomic E-state index is 11.8. The van der Waals surface area contributed by atoms with E-state index in [4.69, 9.17) is 0 Å². The van der Waals surface area contributed by atoms with Crippen molar-refractivity contribution in [2.45, 2.75) is 13.5 Å². The van der Waals surface area contributed by atoms with E-state index in [0.29, 0.717) is 6.54 Å². The molecule has 1 amide bonds. The molecule has 0 spiro atoms. The fourth-order valence-electron chi connectivity index (χ4n) is 1.49. The van der Waals surface area contributed by atoms with Gasteiger partial charge in [0, 0.05) is 17.8 Å². The number of aromatic nitrogens is 2. The summed E-state index contributed by atoms with van der Waals surface area (Å²) in [6.45, 7) is 2.27. The second kappa shape index (κ2) is 4.69. The molecule has 0 saturated heterocycles. The van der Waals surface area contributed by atoms with Crippen LogP contribution in [0.25, 0.3) is 0 Å². The highest BCUT2D eigenvalue weighted by molar-refractivity contribution is 5.96. The van der Waals surface area contributed by atoms with Gasteiger partial charge in [0.2, 0.25) is 0 Å². The van der Waals surface area contributed by atoms with E-state index in [0.717, 1.165) is 11.3 Å². The third-order valence-corrected chi connectivity index (χ3v) is 2.52. The number of aromatic amines is 1. The monoisotopic (exact) mass is 231 g/mol. The van der Waals surface area contributed by atoms with Crippen LogP contribution in [0.5, 0.6) is 5.75 Å². The number of phenols is 1. The number of rotatable bonds is 3. The molecule has 1 heterocycles. The Kier molecular flexibility index (Phi) is 3.09. The van der Waals surface area contributed by atoms with Crippen LogP contribution in [0.3, 0.4) is 0 Å². The zero-order valence-electron chi connectivity index (χ0n) is 9.40. The van der Waals surface area contributed by atoms with Crippen molar-refractivity contribution in [1.29, 1.82) is 0 Å². The number of nitrogens with one attached hydrogen (secondary N) is 2. The Morgan fingerprint density at radius 1 is 1.47 bits per heavy atom. The van der Waals surface area contributed by atoms with Crippen LogP contribution in [0, 0.1) is 6.92 Å². The molecule has 0 saturated carbocycles. The van der Waals surface area contributed by atoms with Gasteiger partial charge in [0.25, 0.3) is 5.91 Å². The van der Waals surface area contributed by atoms with Gasteiger partial charge in [0.05, 0.1) is 11.8 Å². The van der Waals surface area contributed by atoms with E-state index in [1.165, 1.54) is 6.07 Å². The maximum Gasteiger partial charge on any atom is 0.255 e. The summed E-state index contributed by atoms with van der Waals surface area (Å²) < 4.78 is 0. The van der Waals surface area contributed by atoms with E-state index in [1.54, 1.807) is 24.4 Å². The van der Waals surface area contributed by atoms with Crippen LogP contribution in [-0.2, 0) is 6.54 Å². The van der Waals surface area contributed by atoms with E-state index in [9.17, 15) is 9.90 Å². The van der Waals surface area contributed by atoms with Crippen LogP contribution in [-0.4, -0.2) is 21.2 Å². The first kappa shape index (κ1) is 11.2. The quantitative estimate of drug-likeness (QED) is 0.746. The molecule has 0 atom stereocenters. The molecule has 1 aromatic carbocycles. The number of benzene rings is 1. The number of para-hydroxylation sites is 1. The number of aryl methyl sites for hydroxylation is 1. The average molecular weight is 231 g/mol. The van der Waals surface area contributed by atoms with Crippen LogP contribution in [0.1, 0.15) is 21.6 Å². The maximum absolute atomic E-state index is 11.8. The highest BCUT2D eigenvalue weighted by Crippen LogP contribution is 2.15. The van der Waals surface area contributed by atoms with Crippen molar-refractivity contribution in [1.82, 2.24) is 15.5 Å². The van der Waals surface area contributed by atoms with Crippen molar-refractivity contribution in [2.24, 2.45) is 0 Å². The first-order valence-corrected chi connectivity index (χ1v) is 5.23. The molecule has 5 heteroatoms. The van der Waals surface area contributed by atoms with Gasteiger partial charge in [-0.3, -0.25) is 9.89 Å². The summed E-state index contributed by atoms with van der Waals surface area (Å²) in [5, 5.41) is 18.9. The van der Waals surface area contributed by atoms with Gasteiger partial charge >= 0.3 is 0 Å². The third kappa shape index (κ3) is 2.44. The van der Waals surface area contributed by atoms with E-state index in [1.807, 2.05) is 6.92 Å². The summed E-state index contributed by atoms with van der Waals surface area (Å²) in [4.78, 5) is 11.8. The fraction of sp³-hybridized carbons (Fsp3) is 0.167. The highest BCUT2D eigenvalue weighted by Gasteiger charge is 2.10. The molecule has 0 aliphatic rings. The lowest BCUT2D eigenvalue weighted by molar-refractivity contribution is 0.0948. The zero-order chi connectivity index (χ0) is 12.3. The van der Waals surface area contributed by atoms with Crippen molar-refractivity contribution in [3.8, 4) is 5.75 Å². The summed E-state index contributed by atoms with van der Waals surface area (Å²) in [6.07, 6.45) is 1.67. The van der Waals surface area contributed by atoms with E-state index >= 15 is 0 Å². The number of aromatic hydroxyl groups is 1. The summed E-state index contributed by atoms with van der Waals surface area (Å²) in [5.41, 5.74) is 2.12. The van der Waals surface area contributed by atoms with Crippen molar-refractivity contribution in [2.75, 3.05) is 0 Å². The van der Waals surface area contributed by atoms with E-state index < -0.39 is 0 Å². The van der Waals surface area contributed by atoms with Crippen molar-refractivity contribution < 1.29 is 9.90 Å². The van der Waals surface area contributed by atoms with Gasteiger partial charge in [-0.15, -0.1) is 0 Å². The molecule has 2 rings (SSSR count). The molecule has 0 fully saturated rings. The van der Waals surface area contributed by atoms with Gasteiger partial charge in [-0.1, -0.05) is 12.1 Å². The lowest BCUT2D eigenvalue weighted by atomic mass is 10.2. The van der Waals surface area contributed by atoms with E-state index in [-0.39, 0.29) is 17.2 Å². The Balaban J connectivity index is 2.04. The molecule has 0 bridgehead atoms. The third-order valence-electron chi connectivity index (χ3n) is 2.52. The number of phenolic OH excluding ortho intramolecular Hbond substituents is 1. The van der Waals surface area contributed by atoms with Crippen molar-refractivity contribution >= 4 is 5.91 Å². The largest absolute Gasteiger partial charge is 0.507 e. The number of carbonyl (C=O) groups is 1. The number of hydrogen-bond acceptors (Lipinski definition) is 3. The van der Waals surface area contributed by atoms with Crippen LogP contribution >= 0.6 is 0 Å². The number of carbonyl (C=O) groups excluding carboxylic acids is 1. The molecule has 0 aliphatic heterocycles. The van der Waals surface area contributed by atoms with E-state index in [2.05, 4.69) is 15.5 Å². The first-order valence-electron chi connectivity index (χ1n) is 5.23. The topological polar surface area (TPSA) is 78.0 Å². The van der Waals surface area contributed by atoms with Gasteiger partial charge in [-0.2, -0.15) is 5.10 Å². The predicted octanol–water partition coefficient (Wildman–Crippen LogP) is 1.35. The Labute approximate surface area is 98.5 Å².